The summed E-state index contributed by atoms with van der Waals surface area (Å²) < 4.78 is 0. The SMILES string of the molecule is NNC(SCNC(=O)CCl)c1ccccc1. The molecule has 1 amide bonds. The minimum absolute atomic E-state index is 0.0212. The van der Waals surface area contributed by atoms with Gasteiger partial charge in [0.15, 0.2) is 0 Å². The summed E-state index contributed by atoms with van der Waals surface area (Å²) >= 11 is 6.85. The number of hydrogen-bond donors (Lipinski definition) is 3. The summed E-state index contributed by atoms with van der Waals surface area (Å²) in [7, 11) is 0. The number of carbonyl (C=O) groups excluding carboxylic acids is 1. The van der Waals surface area contributed by atoms with Crippen molar-refractivity contribution in [3.63, 3.8) is 0 Å². The predicted octanol–water partition coefficient (Wildman–Crippen LogP) is 1.19. The highest BCUT2D eigenvalue weighted by Gasteiger charge is 2.09. The van der Waals surface area contributed by atoms with E-state index in [9.17, 15) is 4.79 Å². The molecule has 6 heteroatoms. The van der Waals surface area contributed by atoms with Gasteiger partial charge in [-0.05, 0) is 5.56 Å². The Hall–Kier alpha value is -0.750. The Labute approximate surface area is 104 Å². The Morgan fingerprint density at radius 1 is 1.44 bits per heavy atom. The summed E-state index contributed by atoms with van der Waals surface area (Å²) in [6, 6.07) is 9.77. The lowest BCUT2D eigenvalue weighted by atomic mass is 10.2. The van der Waals surface area contributed by atoms with Gasteiger partial charge >= 0.3 is 0 Å². The highest BCUT2D eigenvalue weighted by molar-refractivity contribution is 7.99. The van der Waals surface area contributed by atoms with Crippen molar-refractivity contribution in [2.24, 2.45) is 5.84 Å². The first-order valence-corrected chi connectivity index (χ1v) is 6.31. The first-order valence-electron chi connectivity index (χ1n) is 4.73. The number of hydrogen-bond acceptors (Lipinski definition) is 4. The normalized spacial score (nSPS) is 12.1. The fourth-order valence-corrected chi connectivity index (χ4v) is 2.07. The highest BCUT2D eigenvalue weighted by Crippen LogP contribution is 2.23. The summed E-state index contributed by atoms with van der Waals surface area (Å²) in [4.78, 5) is 10.9. The number of carbonyl (C=O) groups is 1. The zero-order valence-corrected chi connectivity index (χ0v) is 10.2. The van der Waals surface area contributed by atoms with Crippen LogP contribution in [0.4, 0.5) is 0 Å². The fourth-order valence-electron chi connectivity index (χ4n) is 1.12. The molecular weight excluding hydrogens is 246 g/mol. The molecule has 0 saturated carbocycles. The summed E-state index contributed by atoms with van der Waals surface area (Å²) in [5, 5.41) is 2.62. The molecule has 0 spiro atoms. The molecule has 0 bridgehead atoms. The van der Waals surface area contributed by atoms with E-state index in [0.29, 0.717) is 5.88 Å². The lowest BCUT2D eigenvalue weighted by Gasteiger charge is -2.15. The number of thioether (sulfide) groups is 1. The van der Waals surface area contributed by atoms with Gasteiger partial charge in [-0.25, -0.2) is 5.43 Å². The van der Waals surface area contributed by atoms with Crippen LogP contribution in [-0.4, -0.2) is 17.7 Å². The Morgan fingerprint density at radius 2 is 2.12 bits per heavy atom. The number of nitrogens with one attached hydrogen (secondary N) is 2. The molecule has 1 atom stereocenters. The molecule has 16 heavy (non-hydrogen) atoms. The molecule has 0 aliphatic heterocycles. The van der Waals surface area contributed by atoms with Crippen LogP contribution in [0.15, 0.2) is 30.3 Å². The standard InChI is InChI=1S/C10H14ClN3OS/c11-6-9(15)13-7-16-10(14-12)8-4-2-1-3-5-8/h1-5,10,14H,6-7,12H2,(H,13,15). The molecule has 0 fully saturated rings. The van der Waals surface area contributed by atoms with E-state index in [1.807, 2.05) is 30.3 Å². The van der Waals surface area contributed by atoms with E-state index in [0.717, 1.165) is 5.56 Å². The van der Waals surface area contributed by atoms with Gasteiger partial charge in [-0.2, -0.15) is 0 Å². The van der Waals surface area contributed by atoms with Crippen LogP contribution in [0.5, 0.6) is 0 Å². The zero-order chi connectivity index (χ0) is 11.8. The smallest absolute Gasteiger partial charge is 0.235 e. The molecule has 0 radical (unpaired) electrons. The Kier molecular flexibility index (Phi) is 6.25. The maximum atomic E-state index is 10.9. The van der Waals surface area contributed by atoms with Crippen LogP contribution in [0.25, 0.3) is 0 Å². The number of halogens is 1. The van der Waals surface area contributed by atoms with Crippen LogP contribution in [0, 0.1) is 0 Å². The van der Waals surface area contributed by atoms with Crippen molar-refractivity contribution in [1.29, 1.82) is 0 Å². The second-order valence-corrected chi connectivity index (χ2v) is 4.36. The molecule has 0 aliphatic carbocycles. The second-order valence-electron chi connectivity index (χ2n) is 3.00. The van der Waals surface area contributed by atoms with Gasteiger partial charge in [0.25, 0.3) is 0 Å². The van der Waals surface area contributed by atoms with Crippen LogP contribution < -0.4 is 16.6 Å². The van der Waals surface area contributed by atoms with Crippen molar-refractivity contribution in [3.8, 4) is 0 Å². The van der Waals surface area contributed by atoms with Crippen molar-refractivity contribution in [2.45, 2.75) is 5.37 Å². The number of amides is 1. The van der Waals surface area contributed by atoms with E-state index >= 15 is 0 Å². The van der Waals surface area contributed by atoms with E-state index in [4.69, 9.17) is 17.4 Å². The van der Waals surface area contributed by atoms with E-state index in [2.05, 4.69) is 10.7 Å². The largest absolute Gasteiger partial charge is 0.346 e. The average Bonchev–Trinajstić information content (AvgIpc) is 2.35. The summed E-state index contributed by atoms with van der Waals surface area (Å²) in [5.74, 6) is 5.71. The third-order valence-corrected chi connectivity index (χ3v) is 3.19. The third-order valence-electron chi connectivity index (χ3n) is 1.89. The molecule has 88 valence electrons. The quantitative estimate of drug-likeness (QED) is 0.311. The number of nitrogens with two attached hydrogens (primary N) is 1. The van der Waals surface area contributed by atoms with Crippen molar-refractivity contribution in [2.75, 3.05) is 11.8 Å². The number of benzene rings is 1. The summed E-state index contributed by atoms with van der Waals surface area (Å²) in [6.45, 7) is 0. The Bertz CT molecular complexity index is 323. The average molecular weight is 260 g/mol. The molecule has 4 nitrogen and oxygen atoms in total. The summed E-state index contributed by atoms with van der Waals surface area (Å²) in [6.07, 6.45) is 0. The van der Waals surface area contributed by atoms with E-state index in [1.54, 1.807) is 0 Å². The molecule has 0 aromatic heterocycles. The van der Waals surface area contributed by atoms with E-state index in [-0.39, 0.29) is 17.2 Å². The van der Waals surface area contributed by atoms with Crippen molar-refractivity contribution >= 4 is 29.3 Å². The van der Waals surface area contributed by atoms with Gasteiger partial charge in [-0.15, -0.1) is 23.4 Å². The first-order chi connectivity index (χ1) is 7.77. The minimum Gasteiger partial charge on any atom is -0.346 e. The fraction of sp³-hybridized carbons (Fsp3) is 0.300. The van der Waals surface area contributed by atoms with E-state index in [1.165, 1.54) is 11.8 Å². The number of hydrazine groups is 1. The van der Waals surface area contributed by atoms with Crippen molar-refractivity contribution < 1.29 is 4.79 Å². The third kappa shape index (κ3) is 4.40. The van der Waals surface area contributed by atoms with Crippen LogP contribution in [0.2, 0.25) is 0 Å². The molecular formula is C10H14ClN3OS. The van der Waals surface area contributed by atoms with Gasteiger partial charge in [0, 0.05) is 0 Å². The number of alkyl halides is 1. The highest BCUT2D eigenvalue weighted by atomic mass is 35.5. The lowest BCUT2D eigenvalue weighted by molar-refractivity contribution is -0.118. The maximum Gasteiger partial charge on any atom is 0.235 e. The minimum atomic E-state index is -0.182. The van der Waals surface area contributed by atoms with Gasteiger partial charge in [0.2, 0.25) is 5.91 Å². The van der Waals surface area contributed by atoms with Gasteiger partial charge in [0.1, 0.15) is 5.88 Å². The van der Waals surface area contributed by atoms with E-state index < -0.39 is 0 Å². The molecule has 1 rings (SSSR count). The number of rotatable bonds is 6. The topological polar surface area (TPSA) is 67.2 Å². The lowest BCUT2D eigenvalue weighted by Crippen LogP contribution is -2.29. The van der Waals surface area contributed by atoms with Crippen molar-refractivity contribution in [3.05, 3.63) is 35.9 Å². The monoisotopic (exact) mass is 259 g/mol. The van der Waals surface area contributed by atoms with Crippen LogP contribution in [-0.2, 0) is 4.79 Å². The second kappa shape index (κ2) is 7.51. The van der Waals surface area contributed by atoms with Crippen molar-refractivity contribution in [1.82, 2.24) is 10.7 Å². The van der Waals surface area contributed by atoms with Gasteiger partial charge < -0.3 is 5.32 Å². The van der Waals surface area contributed by atoms with Crippen LogP contribution >= 0.6 is 23.4 Å². The van der Waals surface area contributed by atoms with Crippen LogP contribution in [0.3, 0.4) is 0 Å². The molecule has 0 saturated heterocycles. The van der Waals surface area contributed by atoms with Gasteiger partial charge in [-0.3, -0.25) is 10.6 Å². The molecule has 0 heterocycles. The molecule has 4 N–H and O–H groups in total. The molecule has 1 aromatic rings. The summed E-state index contributed by atoms with van der Waals surface area (Å²) in [5.41, 5.74) is 3.75. The zero-order valence-electron chi connectivity index (χ0n) is 8.65. The first kappa shape index (κ1) is 13.3. The Balaban J connectivity index is 2.41. The van der Waals surface area contributed by atoms with Gasteiger partial charge in [0.05, 0.1) is 11.3 Å². The molecule has 1 aromatic carbocycles. The van der Waals surface area contributed by atoms with Crippen LogP contribution in [0.1, 0.15) is 10.9 Å². The molecule has 1 unspecified atom stereocenters. The predicted molar refractivity (Wildman–Crippen MR) is 67.8 cm³/mol. The molecule has 0 aliphatic rings. The maximum absolute atomic E-state index is 10.9. The van der Waals surface area contributed by atoms with Gasteiger partial charge in [-0.1, -0.05) is 30.3 Å². The Morgan fingerprint density at radius 3 is 2.69 bits per heavy atom.